The van der Waals surface area contributed by atoms with E-state index in [2.05, 4.69) is 4.43 Å². The average Bonchev–Trinajstić information content (AvgIpc) is 2.36. The second-order valence-corrected chi connectivity index (χ2v) is 5.12. The Morgan fingerprint density at radius 2 is 1.36 bits per heavy atom. The van der Waals surface area contributed by atoms with Gasteiger partial charge >= 0.3 is 12.4 Å². The zero-order valence-electron chi connectivity index (χ0n) is 11.4. The molecule has 0 aliphatic rings. The predicted octanol–water partition coefficient (Wildman–Crippen LogP) is 1.98. The molecule has 0 aliphatic carbocycles. The number of hydrogen-bond donors (Lipinski definition) is 2. The van der Waals surface area contributed by atoms with Crippen molar-refractivity contribution >= 4 is 10.5 Å². The van der Waals surface area contributed by atoms with E-state index < -0.39 is 29.5 Å². The van der Waals surface area contributed by atoms with Crippen molar-refractivity contribution in [3.05, 3.63) is 34.9 Å². The number of hydrogen-bond acceptors (Lipinski definition) is 3. The van der Waals surface area contributed by atoms with Crippen molar-refractivity contribution in [1.29, 1.82) is 0 Å². The maximum atomic E-state index is 12.6. The van der Waals surface area contributed by atoms with E-state index in [-0.39, 0.29) is 41.4 Å². The molecular formula is C12H14F6O3Si. The van der Waals surface area contributed by atoms with E-state index >= 15 is 0 Å². The van der Waals surface area contributed by atoms with Crippen molar-refractivity contribution in [2.45, 2.75) is 37.6 Å². The molecule has 0 unspecified atom stereocenters. The summed E-state index contributed by atoms with van der Waals surface area (Å²) in [5, 5.41) is 18.4. The maximum absolute atomic E-state index is 12.6. The minimum absolute atomic E-state index is 0.0214. The summed E-state index contributed by atoms with van der Waals surface area (Å²) < 4.78 is 80.3. The Bertz CT molecular complexity index is 480. The Morgan fingerprint density at radius 1 is 0.909 bits per heavy atom. The summed E-state index contributed by atoms with van der Waals surface area (Å²) in [6.07, 6.45) is -10.3. The Balaban J connectivity index is 2.99. The fraction of sp³-hybridized carbons (Fsp3) is 0.500. The highest BCUT2D eigenvalue weighted by Gasteiger charge is 2.36. The molecule has 0 aromatic heterocycles. The SMILES string of the molecule is OC(O)(CCCc1cc(C(F)(F)F)cc(C(F)(F)F)c1)O[SiH3]. The van der Waals surface area contributed by atoms with E-state index in [0.717, 1.165) is 0 Å². The first kappa shape index (κ1) is 18.9. The van der Waals surface area contributed by atoms with Crippen LogP contribution in [-0.4, -0.2) is 26.7 Å². The largest absolute Gasteiger partial charge is 0.416 e. The van der Waals surface area contributed by atoms with Gasteiger partial charge in [-0.15, -0.1) is 0 Å². The molecule has 0 aliphatic heterocycles. The molecule has 0 spiro atoms. The molecule has 0 amide bonds. The molecule has 0 radical (unpaired) electrons. The van der Waals surface area contributed by atoms with Gasteiger partial charge in [-0.25, -0.2) is 0 Å². The van der Waals surface area contributed by atoms with E-state index in [4.69, 9.17) is 0 Å². The van der Waals surface area contributed by atoms with Crippen LogP contribution in [0.15, 0.2) is 18.2 Å². The molecule has 10 heteroatoms. The van der Waals surface area contributed by atoms with Gasteiger partial charge in [-0.05, 0) is 36.6 Å². The van der Waals surface area contributed by atoms with Gasteiger partial charge in [0.2, 0.25) is 0 Å². The fourth-order valence-corrected chi connectivity index (χ4v) is 1.99. The first-order valence-electron chi connectivity index (χ1n) is 6.13. The van der Waals surface area contributed by atoms with Crippen LogP contribution >= 0.6 is 0 Å². The summed E-state index contributed by atoms with van der Waals surface area (Å²) in [5.41, 5.74) is -2.97. The summed E-state index contributed by atoms with van der Waals surface area (Å²) >= 11 is 0. The van der Waals surface area contributed by atoms with Gasteiger partial charge in [-0.2, -0.15) is 26.3 Å². The third-order valence-electron chi connectivity index (χ3n) is 2.94. The first-order chi connectivity index (χ1) is 9.85. The topological polar surface area (TPSA) is 49.7 Å². The second kappa shape index (κ2) is 6.57. The van der Waals surface area contributed by atoms with Crippen LogP contribution in [0.2, 0.25) is 0 Å². The van der Waals surface area contributed by atoms with Crippen LogP contribution in [0.25, 0.3) is 0 Å². The summed E-state index contributed by atoms with van der Waals surface area (Å²) in [6.45, 7) is 0. The third-order valence-corrected chi connectivity index (χ3v) is 3.60. The van der Waals surface area contributed by atoms with Gasteiger partial charge in [0, 0.05) is 6.42 Å². The van der Waals surface area contributed by atoms with Crippen molar-refractivity contribution < 1.29 is 41.0 Å². The van der Waals surface area contributed by atoms with Crippen LogP contribution in [0.4, 0.5) is 26.3 Å². The van der Waals surface area contributed by atoms with Gasteiger partial charge in [-0.3, -0.25) is 0 Å². The van der Waals surface area contributed by atoms with E-state index in [1.54, 1.807) is 0 Å². The van der Waals surface area contributed by atoms with Crippen LogP contribution in [0.3, 0.4) is 0 Å². The van der Waals surface area contributed by atoms with Crippen LogP contribution in [0, 0.1) is 0 Å². The summed E-state index contributed by atoms with van der Waals surface area (Å²) in [7, 11) is 0.0214. The van der Waals surface area contributed by atoms with Crippen molar-refractivity contribution in [3.8, 4) is 0 Å². The zero-order valence-corrected chi connectivity index (χ0v) is 13.4. The standard InChI is InChI=1S/C12H14F6O3Si/c13-11(14,15)8-4-7(2-1-3-10(19,20)21-22)5-9(6-8)12(16,17)18/h4-6,19-20H,1-3H2,22H3. The smallest absolute Gasteiger partial charge is 0.381 e. The molecule has 1 aromatic rings. The summed E-state index contributed by atoms with van der Waals surface area (Å²) in [6, 6.07) is 1.28. The molecule has 126 valence electrons. The minimum Gasteiger partial charge on any atom is -0.381 e. The molecule has 0 fully saturated rings. The Hall–Kier alpha value is -1.10. The fourth-order valence-electron chi connectivity index (χ4n) is 1.79. The number of aryl methyl sites for hydroxylation is 1. The minimum atomic E-state index is -4.90. The van der Waals surface area contributed by atoms with Gasteiger partial charge in [0.1, 0.15) is 0 Å². The third kappa shape index (κ3) is 5.59. The number of rotatable bonds is 5. The molecule has 1 rings (SSSR count). The lowest BCUT2D eigenvalue weighted by Crippen LogP contribution is -2.30. The normalized spacial score (nSPS) is 13.6. The van der Waals surface area contributed by atoms with E-state index in [1.807, 2.05) is 0 Å². The van der Waals surface area contributed by atoms with Crippen molar-refractivity contribution in [2.24, 2.45) is 0 Å². The van der Waals surface area contributed by atoms with Gasteiger partial charge in [0.25, 0.3) is 5.97 Å². The number of aliphatic hydroxyl groups is 2. The van der Waals surface area contributed by atoms with E-state index in [9.17, 15) is 36.6 Å². The first-order valence-corrected chi connectivity index (χ1v) is 6.95. The molecule has 0 saturated carbocycles. The maximum Gasteiger partial charge on any atom is 0.416 e. The van der Waals surface area contributed by atoms with Gasteiger partial charge in [0.05, 0.1) is 11.1 Å². The van der Waals surface area contributed by atoms with Crippen LogP contribution in [-0.2, 0) is 23.2 Å². The van der Waals surface area contributed by atoms with Gasteiger partial charge < -0.3 is 14.6 Å². The number of benzene rings is 1. The molecule has 2 N–H and O–H groups in total. The summed E-state index contributed by atoms with van der Waals surface area (Å²) in [4.78, 5) is 0. The molecule has 1 aromatic carbocycles. The number of alkyl halides is 6. The van der Waals surface area contributed by atoms with E-state index in [0.29, 0.717) is 12.1 Å². The molecule has 0 heterocycles. The zero-order chi connectivity index (χ0) is 17.2. The van der Waals surface area contributed by atoms with Crippen LogP contribution in [0.5, 0.6) is 0 Å². The second-order valence-electron chi connectivity index (χ2n) is 4.71. The van der Waals surface area contributed by atoms with E-state index in [1.165, 1.54) is 0 Å². The molecule has 3 nitrogen and oxygen atoms in total. The molecular weight excluding hydrogens is 334 g/mol. The lowest BCUT2D eigenvalue weighted by Gasteiger charge is -2.20. The molecule has 0 bridgehead atoms. The highest BCUT2D eigenvalue weighted by molar-refractivity contribution is 5.98. The quantitative estimate of drug-likeness (QED) is 0.486. The highest BCUT2D eigenvalue weighted by atomic mass is 28.2. The molecule has 22 heavy (non-hydrogen) atoms. The Labute approximate surface area is 125 Å². The Morgan fingerprint density at radius 3 is 1.73 bits per heavy atom. The van der Waals surface area contributed by atoms with Crippen LogP contribution in [0.1, 0.15) is 29.5 Å². The predicted molar refractivity (Wildman–Crippen MR) is 67.6 cm³/mol. The molecule has 0 saturated heterocycles. The van der Waals surface area contributed by atoms with Crippen LogP contribution < -0.4 is 0 Å². The highest BCUT2D eigenvalue weighted by Crippen LogP contribution is 2.36. The van der Waals surface area contributed by atoms with Crippen molar-refractivity contribution in [3.63, 3.8) is 0 Å². The van der Waals surface area contributed by atoms with Crippen molar-refractivity contribution in [1.82, 2.24) is 0 Å². The molecule has 0 atom stereocenters. The Kier molecular flexibility index (Phi) is 5.65. The lowest BCUT2D eigenvalue weighted by atomic mass is 10.0. The van der Waals surface area contributed by atoms with Gasteiger partial charge in [0.15, 0.2) is 10.5 Å². The monoisotopic (exact) mass is 348 g/mol. The summed E-state index contributed by atoms with van der Waals surface area (Å²) in [5.74, 6) is -2.40. The average molecular weight is 348 g/mol. The lowest BCUT2D eigenvalue weighted by molar-refractivity contribution is -0.295. The van der Waals surface area contributed by atoms with Gasteiger partial charge in [-0.1, -0.05) is 0 Å². The number of halogens is 6. The van der Waals surface area contributed by atoms with Crippen molar-refractivity contribution in [2.75, 3.05) is 0 Å².